The molecule has 4 nitrogen and oxygen atoms in total. The molecule has 1 atom stereocenters. The van der Waals surface area contributed by atoms with Crippen molar-refractivity contribution in [3.8, 4) is 0 Å². The summed E-state index contributed by atoms with van der Waals surface area (Å²) in [7, 11) is 1.92. The first-order chi connectivity index (χ1) is 6.94. The van der Waals surface area contributed by atoms with Gasteiger partial charge in [0.15, 0.2) is 0 Å². The molecule has 0 fully saturated rings. The topological polar surface area (TPSA) is 53.1 Å². The van der Waals surface area contributed by atoms with E-state index in [-0.39, 0.29) is 5.54 Å². The first-order valence-electron chi connectivity index (χ1n) is 5.31. The highest BCUT2D eigenvalue weighted by Gasteiger charge is 2.15. The van der Waals surface area contributed by atoms with E-state index >= 15 is 0 Å². The SMILES string of the molecule is CCC(C)(N)COCc1cc(C)nn1C. The number of aryl methyl sites for hydroxylation is 2. The molecule has 1 aromatic heterocycles. The van der Waals surface area contributed by atoms with Gasteiger partial charge in [-0.3, -0.25) is 4.68 Å². The van der Waals surface area contributed by atoms with Crippen LogP contribution in [-0.2, 0) is 18.4 Å². The second kappa shape index (κ2) is 4.77. The molecular weight excluding hydrogens is 190 g/mol. The van der Waals surface area contributed by atoms with Gasteiger partial charge in [0.1, 0.15) is 0 Å². The molecule has 1 unspecified atom stereocenters. The second-order valence-electron chi connectivity index (χ2n) is 4.40. The lowest BCUT2D eigenvalue weighted by molar-refractivity contribution is 0.0739. The van der Waals surface area contributed by atoms with Gasteiger partial charge in [-0.2, -0.15) is 5.10 Å². The maximum atomic E-state index is 5.98. The number of rotatable bonds is 5. The van der Waals surface area contributed by atoms with Crippen LogP contribution in [0, 0.1) is 6.92 Å². The Morgan fingerprint density at radius 2 is 2.27 bits per heavy atom. The van der Waals surface area contributed by atoms with Gasteiger partial charge in [-0.25, -0.2) is 0 Å². The van der Waals surface area contributed by atoms with Crippen molar-refractivity contribution in [1.82, 2.24) is 9.78 Å². The van der Waals surface area contributed by atoms with Crippen molar-refractivity contribution < 1.29 is 4.74 Å². The lowest BCUT2D eigenvalue weighted by atomic mass is 10.0. The van der Waals surface area contributed by atoms with Crippen molar-refractivity contribution in [2.45, 2.75) is 39.3 Å². The van der Waals surface area contributed by atoms with Crippen molar-refractivity contribution in [3.05, 3.63) is 17.5 Å². The van der Waals surface area contributed by atoms with E-state index < -0.39 is 0 Å². The van der Waals surface area contributed by atoms with Crippen molar-refractivity contribution >= 4 is 0 Å². The largest absolute Gasteiger partial charge is 0.373 e. The van der Waals surface area contributed by atoms with E-state index in [4.69, 9.17) is 10.5 Å². The van der Waals surface area contributed by atoms with Crippen LogP contribution >= 0.6 is 0 Å². The number of nitrogens with two attached hydrogens (primary N) is 1. The van der Waals surface area contributed by atoms with Crippen molar-refractivity contribution in [3.63, 3.8) is 0 Å². The molecule has 1 aromatic rings. The van der Waals surface area contributed by atoms with Crippen LogP contribution in [-0.4, -0.2) is 21.9 Å². The predicted molar refractivity (Wildman–Crippen MR) is 60.5 cm³/mol. The Kier molecular flexibility index (Phi) is 3.88. The third-order valence-corrected chi connectivity index (χ3v) is 2.59. The summed E-state index contributed by atoms with van der Waals surface area (Å²) >= 11 is 0. The fourth-order valence-corrected chi connectivity index (χ4v) is 1.29. The molecular formula is C11H21N3O. The molecule has 0 aliphatic rings. The summed E-state index contributed by atoms with van der Waals surface area (Å²) in [6, 6.07) is 2.03. The molecule has 0 spiro atoms. The number of ether oxygens (including phenoxy) is 1. The molecule has 86 valence electrons. The van der Waals surface area contributed by atoms with E-state index in [0.717, 1.165) is 17.8 Å². The van der Waals surface area contributed by atoms with E-state index in [1.54, 1.807) is 0 Å². The van der Waals surface area contributed by atoms with E-state index in [9.17, 15) is 0 Å². The van der Waals surface area contributed by atoms with Gasteiger partial charge in [-0.1, -0.05) is 6.92 Å². The Bertz CT molecular complexity index is 318. The molecule has 4 heteroatoms. The Morgan fingerprint density at radius 3 is 2.73 bits per heavy atom. The van der Waals surface area contributed by atoms with Crippen LogP contribution in [0.2, 0.25) is 0 Å². The average Bonchev–Trinajstić information content (AvgIpc) is 2.45. The predicted octanol–water partition coefficient (Wildman–Crippen LogP) is 1.37. The summed E-state index contributed by atoms with van der Waals surface area (Å²) in [6.07, 6.45) is 0.914. The summed E-state index contributed by atoms with van der Waals surface area (Å²) in [5, 5.41) is 4.25. The maximum Gasteiger partial charge on any atom is 0.0885 e. The molecule has 0 aromatic carbocycles. The van der Waals surface area contributed by atoms with Crippen LogP contribution in [0.4, 0.5) is 0 Å². The lowest BCUT2D eigenvalue weighted by Gasteiger charge is -2.22. The number of hydrogen-bond acceptors (Lipinski definition) is 3. The first kappa shape index (κ1) is 12.2. The normalized spacial score (nSPS) is 15.3. The lowest BCUT2D eigenvalue weighted by Crippen LogP contribution is -2.40. The van der Waals surface area contributed by atoms with Gasteiger partial charge < -0.3 is 10.5 Å². The Hall–Kier alpha value is -0.870. The quantitative estimate of drug-likeness (QED) is 0.800. The van der Waals surface area contributed by atoms with Crippen molar-refractivity contribution in [2.24, 2.45) is 12.8 Å². The van der Waals surface area contributed by atoms with Crippen LogP contribution in [0.3, 0.4) is 0 Å². The average molecular weight is 211 g/mol. The number of hydrogen-bond donors (Lipinski definition) is 1. The number of nitrogens with zero attached hydrogens (tertiary/aromatic N) is 2. The first-order valence-corrected chi connectivity index (χ1v) is 5.31. The van der Waals surface area contributed by atoms with Gasteiger partial charge in [-0.15, -0.1) is 0 Å². The zero-order valence-corrected chi connectivity index (χ0v) is 10.1. The molecule has 0 bridgehead atoms. The Labute approximate surface area is 91.4 Å². The molecule has 0 aliphatic heterocycles. The third-order valence-electron chi connectivity index (χ3n) is 2.59. The zero-order valence-electron chi connectivity index (χ0n) is 10.1. The molecule has 0 saturated carbocycles. The van der Waals surface area contributed by atoms with Crippen LogP contribution in [0.5, 0.6) is 0 Å². The molecule has 0 radical (unpaired) electrons. The van der Waals surface area contributed by atoms with E-state index in [2.05, 4.69) is 12.0 Å². The monoisotopic (exact) mass is 211 g/mol. The molecule has 1 rings (SSSR count). The summed E-state index contributed by atoms with van der Waals surface area (Å²) in [6.45, 7) is 7.19. The zero-order chi connectivity index (χ0) is 11.5. The summed E-state index contributed by atoms with van der Waals surface area (Å²) in [5.41, 5.74) is 7.85. The molecule has 1 heterocycles. The summed E-state index contributed by atoms with van der Waals surface area (Å²) in [5.74, 6) is 0. The van der Waals surface area contributed by atoms with Crippen molar-refractivity contribution in [2.75, 3.05) is 6.61 Å². The standard InChI is InChI=1S/C11H21N3O/c1-5-11(3,12)8-15-7-10-6-9(2)13-14(10)4/h6H,5,7-8,12H2,1-4H3. The van der Waals surface area contributed by atoms with Crippen LogP contribution in [0.25, 0.3) is 0 Å². The van der Waals surface area contributed by atoms with Gasteiger partial charge in [0, 0.05) is 12.6 Å². The highest BCUT2D eigenvalue weighted by molar-refractivity contribution is 5.07. The fourth-order valence-electron chi connectivity index (χ4n) is 1.29. The van der Waals surface area contributed by atoms with Gasteiger partial charge in [0.2, 0.25) is 0 Å². The molecule has 2 N–H and O–H groups in total. The summed E-state index contributed by atoms with van der Waals surface area (Å²) in [4.78, 5) is 0. The van der Waals surface area contributed by atoms with Crippen LogP contribution < -0.4 is 5.73 Å². The van der Waals surface area contributed by atoms with E-state index in [0.29, 0.717) is 13.2 Å². The maximum absolute atomic E-state index is 5.98. The van der Waals surface area contributed by atoms with Gasteiger partial charge in [0.05, 0.1) is 24.6 Å². The number of aromatic nitrogens is 2. The van der Waals surface area contributed by atoms with Gasteiger partial charge in [0.25, 0.3) is 0 Å². The molecule has 0 aliphatic carbocycles. The fraction of sp³-hybridized carbons (Fsp3) is 0.727. The summed E-state index contributed by atoms with van der Waals surface area (Å²) < 4.78 is 7.43. The van der Waals surface area contributed by atoms with Crippen LogP contribution in [0.1, 0.15) is 31.7 Å². The smallest absolute Gasteiger partial charge is 0.0885 e. The highest BCUT2D eigenvalue weighted by Crippen LogP contribution is 2.08. The van der Waals surface area contributed by atoms with Crippen LogP contribution in [0.15, 0.2) is 6.07 Å². The highest BCUT2D eigenvalue weighted by atomic mass is 16.5. The minimum atomic E-state index is -0.229. The Balaban J connectivity index is 2.41. The Morgan fingerprint density at radius 1 is 1.60 bits per heavy atom. The van der Waals surface area contributed by atoms with Gasteiger partial charge >= 0.3 is 0 Å². The van der Waals surface area contributed by atoms with Crippen molar-refractivity contribution in [1.29, 1.82) is 0 Å². The minimum absolute atomic E-state index is 0.229. The molecule has 0 saturated heterocycles. The van der Waals surface area contributed by atoms with E-state index in [1.165, 1.54) is 0 Å². The van der Waals surface area contributed by atoms with Gasteiger partial charge in [-0.05, 0) is 26.3 Å². The third kappa shape index (κ3) is 3.64. The van der Waals surface area contributed by atoms with E-state index in [1.807, 2.05) is 31.6 Å². The second-order valence-corrected chi connectivity index (χ2v) is 4.40. The molecule has 15 heavy (non-hydrogen) atoms. The molecule has 0 amide bonds. The minimum Gasteiger partial charge on any atom is -0.373 e.